The summed E-state index contributed by atoms with van der Waals surface area (Å²) >= 11 is 0. The molecule has 1 saturated heterocycles. The van der Waals surface area contributed by atoms with Crippen LogP contribution in [0.15, 0.2) is 72.8 Å². The second-order valence-electron chi connectivity index (χ2n) is 11.5. The summed E-state index contributed by atoms with van der Waals surface area (Å²) in [5.41, 5.74) is 5.63. The van der Waals surface area contributed by atoms with E-state index < -0.39 is 11.7 Å². The molecule has 1 fully saturated rings. The van der Waals surface area contributed by atoms with Crippen molar-refractivity contribution in [2.45, 2.75) is 57.7 Å². The number of rotatable bonds is 5. The minimum atomic E-state index is -4.45. The molecule has 7 rings (SSSR count). The Morgan fingerprint density at radius 2 is 1.80 bits per heavy atom. The Balaban J connectivity index is 1.25. The monoisotopic (exact) mass is 615 g/mol. The van der Waals surface area contributed by atoms with Gasteiger partial charge >= 0.3 is 6.18 Å². The average Bonchev–Trinajstić information content (AvgIpc) is 3.36. The Kier molecular flexibility index (Phi) is 7.93. The van der Waals surface area contributed by atoms with Crippen LogP contribution in [0.5, 0.6) is 11.6 Å². The van der Waals surface area contributed by atoms with Gasteiger partial charge in [-0.05, 0) is 66.3 Å². The number of aliphatic hydroxyl groups excluding tert-OH is 1. The smallest absolute Gasteiger partial charge is 0.416 e. The number of alkyl halides is 3. The number of halogens is 3. The van der Waals surface area contributed by atoms with Gasteiger partial charge in [0.05, 0.1) is 48.2 Å². The van der Waals surface area contributed by atoms with E-state index in [1.54, 1.807) is 0 Å². The first-order valence-corrected chi connectivity index (χ1v) is 15.1. The normalized spacial score (nSPS) is 16.7. The maximum absolute atomic E-state index is 13.6. The minimum absolute atomic E-state index is 0.0421. The lowest BCUT2D eigenvalue weighted by Gasteiger charge is -2.27. The van der Waals surface area contributed by atoms with E-state index in [9.17, 15) is 18.3 Å². The van der Waals surface area contributed by atoms with Crippen molar-refractivity contribution >= 4 is 11.0 Å². The van der Waals surface area contributed by atoms with Gasteiger partial charge in [-0.1, -0.05) is 36.4 Å². The Bertz CT molecular complexity index is 1850. The minimum Gasteiger partial charge on any atom is -0.493 e. The highest BCUT2D eigenvalue weighted by atomic mass is 19.4. The van der Waals surface area contributed by atoms with Gasteiger partial charge in [0.25, 0.3) is 0 Å². The number of fused-ring (bicyclic) bond motifs is 7. The van der Waals surface area contributed by atoms with E-state index in [1.807, 2.05) is 59.2 Å². The van der Waals surface area contributed by atoms with Gasteiger partial charge in [0, 0.05) is 30.2 Å². The lowest BCUT2D eigenvalue weighted by Crippen LogP contribution is -2.31. The summed E-state index contributed by atoms with van der Waals surface area (Å²) in [6, 6.07) is 21.1. The van der Waals surface area contributed by atoms with Crippen LogP contribution in [0.25, 0.3) is 22.3 Å². The molecule has 7 nitrogen and oxygen atoms in total. The van der Waals surface area contributed by atoms with Crippen molar-refractivity contribution in [2.24, 2.45) is 0 Å². The highest BCUT2D eigenvalue weighted by molar-refractivity contribution is 5.77. The third-order valence-electron chi connectivity index (χ3n) is 8.45. The van der Waals surface area contributed by atoms with E-state index in [0.29, 0.717) is 61.3 Å². The Hall–Kier alpha value is -4.41. The van der Waals surface area contributed by atoms with Crippen molar-refractivity contribution < 1.29 is 32.5 Å². The van der Waals surface area contributed by atoms with Gasteiger partial charge in [-0.3, -0.25) is 0 Å². The van der Waals surface area contributed by atoms with Crippen LogP contribution in [0.2, 0.25) is 0 Å². The van der Waals surface area contributed by atoms with E-state index in [1.165, 1.54) is 12.1 Å². The quantitative estimate of drug-likeness (QED) is 0.232. The van der Waals surface area contributed by atoms with Crippen molar-refractivity contribution in [3.05, 3.63) is 106 Å². The first kappa shape index (κ1) is 29.3. The molecular weight excluding hydrogens is 583 g/mol. The number of hydrogen-bond donors (Lipinski definition) is 1. The molecule has 1 unspecified atom stereocenters. The van der Waals surface area contributed by atoms with Gasteiger partial charge in [0.2, 0.25) is 5.88 Å². The molecule has 1 N–H and O–H groups in total. The van der Waals surface area contributed by atoms with E-state index in [2.05, 4.69) is 0 Å². The SMILES string of the molecule is OCc1ccc2c(c1)CCCOc1cc(ccc1Cc1nc3ccc(C(F)(F)F)cc3n1CC1CCO1)-c1cccc(n1)OC2. The molecule has 0 amide bonds. The van der Waals surface area contributed by atoms with Gasteiger partial charge in [0.1, 0.15) is 18.2 Å². The molecule has 0 saturated carbocycles. The molecule has 4 heterocycles. The van der Waals surface area contributed by atoms with Gasteiger partial charge in [-0.25, -0.2) is 9.97 Å². The fraction of sp³-hybridized carbons (Fsp3) is 0.314. The van der Waals surface area contributed by atoms with Gasteiger partial charge in [-0.2, -0.15) is 13.2 Å². The molecule has 2 aliphatic heterocycles. The Morgan fingerprint density at radius 1 is 0.911 bits per heavy atom. The summed E-state index contributed by atoms with van der Waals surface area (Å²) < 4.78 is 60.9. The number of pyridine rings is 1. The number of hydrogen-bond acceptors (Lipinski definition) is 6. The van der Waals surface area contributed by atoms with Crippen LogP contribution in [-0.4, -0.2) is 39.0 Å². The summed E-state index contributed by atoms with van der Waals surface area (Å²) in [5, 5.41) is 9.69. The van der Waals surface area contributed by atoms with Crippen LogP contribution in [-0.2, 0) is 43.5 Å². The number of benzene rings is 3. The number of aryl methyl sites for hydroxylation is 1. The topological polar surface area (TPSA) is 78.6 Å². The van der Waals surface area contributed by atoms with Gasteiger partial charge in [0.15, 0.2) is 0 Å². The van der Waals surface area contributed by atoms with Crippen molar-refractivity contribution in [1.29, 1.82) is 0 Å². The Labute approximate surface area is 258 Å². The number of nitrogens with zero attached hydrogens (tertiary/aromatic N) is 3. The Morgan fingerprint density at radius 3 is 2.60 bits per heavy atom. The van der Waals surface area contributed by atoms with Crippen molar-refractivity contribution in [1.82, 2.24) is 14.5 Å². The lowest BCUT2D eigenvalue weighted by molar-refractivity contribution is -0.137. The fourth-order valence-electron chi connectivity index (χ4n) is 5.89. The van der Waals surface area contributed by atoms with Crippen LogP contribution >= 0.6 is 0 Å². The molecule has 1 atom stereocenters. The van der Waals surface area contributed by atoms with Crippen LogP contribution in [0, 0.1) is 0 Å². The maximum Gasteiger partial charge on any atom is 0.416 e. The zero-order valence-electron chi connectivity index (χ0n) is 24.5. The largest absolute Gasteiger partial charge is 0.493 e. The molecule has 5 aromatic rings. The summed E-state index contributed by atoms with van der Waals surface area (Å²) in [6.07, 6.45) is -1.86. The highest BCUT2D eigenvalue weighted by Crippen LogP contribution is 2.34. The molecule has 0 aliphatic carbocycles. The first-order chi connectivity index (χ1) is 21.8. The average molecular weight is 616 g/mol. The molecule has 3 aromatic carbocycles. The number of aromatic nitrogens is 3. The molecule has 0 radical (unpaired) electrons. The summed E-state index contributed by atoms with van der Waals surface area (Å²) in [6.45, 7) is 1.83. The second-order valence-corrected chi connectivity index (χ2v) is 11.5. The van der Waals surface area contributed by atoms with E-state index in [0.717, 1.165) is 58.8 Å². The molecule has 4 bridgehead atoms. The van der Waals surface area contributed by atoms with Crippen molar-refractivity contribution in [2.75, 3.05) is 13.2 Å². The molecular formula is C35H32F3N3O4. The predicted octanol–water partition coefficient (Wildman–Crippen LogP) is 6.89. The third-order valence-corrected chi connectivity index (χ3v) is 8.45. The van der Waals surface area contributed by atoms with Gasteiger partial charge in [-0.15, -0.1) is 0 Å². The number of aliphatic hydroxyl groups is 1. The predicted molar refractivity (Wildman–Crippen MR) is 162 cm³/mol. The second kappa shape index (κ2) is 12.2. The van der Waals surface area contributed by atoms with Crippen molar-refractivity contribution in [3.63, 3.8) is 0 Å². The van der Waals surface area contributed by atoms with E-state index in [4.69, 9.17) is 24.2 Å². The van der Waals surface area contributed by atoms with Gasteiger partial charge < -0.3 is 23.9 Å². The van der Waals surface area contributed by atoms with Crippen LogP contribution in [0.4, 0.5) is 13.2 Å². The van der Waals surface area contributed by atoms with Crippen LogP contribution in [0.1, 0.15) is 46.5 Å². The van der Waals surface area contributed by atoms with Crippen LogP contribution < -0.4 is 9.47 Å². The fourth-order valence-corrected chi connectivity index (χ4v) is 5.89. The molecule has 2 aliphatic rings. The molecule has 45 heavy (non-hydrogen) atoms. The van der Waals surface area contributed by atoms with E-state index in [-0.39, 0.29) is 12.7 Å². The molecule has 232 valence electrons. The van der Waals surface area contributed by atoms with Crippen molar-refractivity contribution in [3.8, 4) is 22.9 Å². The zero-order chi connectivity index (χ0) is 31.0. The summed E-state index contributed by atoms with van der Waals surface area (Å²) in [7, 11) is 0. The zero-order valence-corrected chi connectivity index (χ0v) is 24.5. The standard InChI is InChI=1S/C35H32F3N3O4/c36-35(37,38)27-10-11-30-31(18-27)41(19-28-12-14-43-28)33(39-30)17-25-9-8-24-16-32(25)44-13-2-3-23-15-22(20-42)6-7-26(23)21-45-34-5-1-4-29(24)40-34/h1,4-11,15-16,18,28,42H,2-3,12-14,17,19-21H2. The molecule has 10 heteroatoms. The maximum atomic E-state index is 13.6. The third kappa shape index (κ3) is 6.25. The number of ether oxygens (including phenoxy) is 3. The number of imidazole rings is 1. The first-order valence-electron chi connectivity index (χ1n) is 15.1. The lowest BCUT2D eigenvalue weighted by atomic mass is 10.0. The summed E-state index contributed by atoms with van der Waals surface area (Å²) in [5.74, 6) is 1.81. The van der Waals surface area contributed by atoms with E-state index >= 15 is 0 Å². The molecule has 2 aromatic heterocycles. The highest BCUT2D eigenvalue weighted by Gasteiger charge is 2.32. The molecule has 0 spiro atoms. The summed E-state index contributed by atoms with van der Waals surface area (Å²) in [4.78, 5) is 9.51. The van der Waals surface area contributed by atoms with Crippen LogP contribution in [0.3, 0.4) is 0 Å².